The van der Waals surface area contributed by atoms with E-state index < -0.39 is 15.8 Å². The van der Waals surface area contributed by atoms with Crippen LogP contribution in [0.15, 0.2) is 57.9 Å². The number of ether oxygens (including phenoxy) is 2. The first-order valence-corrected chi connectivity index (χ1v) is 9.46. The number of benzene rings is 2. The Kier molecular flexibility index (Phi) is 5.00. The molecule has 3 rings (SSSR count). The van der Waals surface area contributed by atoms with E-state index in [9.17, 15) is 13.2 Å². The Balaban J connectivity index is 1.86. The topological polar surface area (TPSA) is 91.3 Å². The first-order valence-electron chi connectivity index (χ1n) is 7.92. The molecular formula is C19H17NO6S. The minimum absolute atomic E-state index is 0.170. The smallest absolute Gasteiger partial charge is 0.369 e. The number of hydrogen-bond donors (Lipinski definition) is 0. The van der Waals surface area contributed by atoms with E-state index in [1.54, 1.807) is 37.3 Å². The van der Waals surface area contributed by atoms with E-state index in [0.717, 1.165) is 5.41 Å². The summed E-state index contributed by atoms with van der Waals surface area (Å²) in [7, 11) is -0.603. The largest absolute Gasteiger partial charge is 0.497 e. The average Bonchev–Trinajstić information content (AvgIpc) is 2.96. The summed E-state index contributed by atoms with van der Waals surface area (Å²) in [6.07, 6.45) is 0. The van der Waals surface area contributed by atoms with Gasteiger partial charge in [0.25, 0.3) is 0 Å². The van der Waals surface area contributed by atoms with Crippen molar-refractivity contribution in [1.82, 2.24) is 0 Å². The fraction of sp³-hybridized carbons (Fsp3) is 0.158. The quantitative estimate of drug-likeness (QED) is 0.445. The Hall–Kier alpha value is -3.13. The van der Waals surface area contributed by atoms with Crippen molar-refractivity contribution in [2.24, 2.45) is 5.16 Å². The summed E-state index contributed by atoms with van der Waals surface area (Å²) in [6, 6.07) is 11.2. The van der Waals surface area contributed by atoms with Crippen LogP contribution in [0.3, 0.4) is 0 Å². The fourth-order valence-electron chi connectivity index (χ4n) is 2.67. The van der Waals surface area contributed by atoms with Crippen LogP contribution >= 0.6 is 0 Å². The predicted molar refractivity (Wildman–Crippen MR) is 99.7 cm³/mol. The first kappa shape index (κ1) is 18.7. The number of hydrogen-bond acceptors (Lipinski definition) is 7. The number of rotatable bonds is 5. The second-order valence-electron chi connectivity index (χ2n) is 5.69. The zero-order valence-electron chi connectivity index (χ0n) is 14.9. The molecule has 0 N–H and O–H groups in total. The molecule has 140 valence electrons. The van der Waals surface area contributed by atoms with E-state index in [-0.39, 0.29) is 21.9 Å². The summed E-state index contributed by atoms with van der Waals surface area (Å²) in [5.41, 5.74) is 1.35. The molecule has 2 aromatic carbocycles. The van der Waals surface area contributed by atoms with Crippen LogP contribution in [-0.2, 0) is 14.7 Å². The highest BCUT2D eigenvalue weighted by Crippen LogP contribution is 2.34. The number of carbonyl (C=O) groups is 1. The molecule has 1 heterocycles. The van der Waals surface area contributed by atoms with Crippen molar-refractivity contribution < 1.29 is 27.5 Å². The third-order valence-corrected chi connectivity index (χ3v) is 5.56. The molecule has 0 spiro atoms. The van der Waals surface area contributed by atoms with Gasteiger partial charge in [0.05, 0.1) is 24.8 Å². The van der Waals surface area contributed by atoms with Gasteiger partial charge < -0.3 is 14.3 Å². The fourth-order valence-corrected chi connectivity index (χ4v) is 4.16. The highest BCUT2D eigenvalue weighted by molar-refractivity contribution is 7.95. The molecule has 0 aliphatic carbocycles. The summed E-state index contributed by atoms with van der Waals surface area (Å²) in [5.74, 6) is 0.0739. The van der Waals surface area contributed by atoms with Crippen molar-refractivity contribution >= 4 is 27.1 Å². The van der Waals surface area contributed by atoms with Crippen molar-refractivity contribution in [2.45, 2.75) is 11.8 Å². The van der Waals surface area contributed by atoms with E-state index in [1.807, 2.05) is 0 Å². The maximum atomic E-state index is 12.3. The number of fused-ring (bicyclic) bond motifs is 1. The number of carbonyl (C=O) groups excluding carboxylic acids is 1. The van der Waals surface area contributed by atoms with Crippen molar-refractivity contribution in [3.8, 4) is 11.5 Å². The highest BCUT2D eigenvalue weighted by atomic mass is 32.2. The Morgan fingerprint density at radius 3 is 2.48 bits per heavy atom. The van der Waals surface area contributed by atoms with Crippen LogP contribution in [0.2, 0.25) is 0 Å². The zero-order valence-corrected chi connectivity index (χ0v) is 15.7. The van der Waals surface area contributed by atoms with Gasteiger partial charge in [0, 0.05) is 22.6 Å². The van der Waals surface area contributed by atoms with Gasteiger partial charge in [-0.3, -0.25) is 0 Å². The van der Waals surface area contributed by atoms with Crippen LogP contribution in [-0.4, -0.2) is 34.3 Å². The van der Waals surface area contributed by atoms with E-state index >= 15 is 0 Å². The third kappa shape index (κ3) is 3.56. The summed E-state index contributed by atoms with van der Waals surface area (Å²) < 4.78 is 34.7. The van der Waals surface area contributed by atoms with Crippen LogP contribution in [0.1, 0.15) is 22.8 Å². The Labute approximate surface area is 156 Å². The monoisotopic (exact) mass is 387 g/mol. The molecule has 0 aromatic heterocycles. The molecule has 8 heteroatoms. The number of sulfone groups is 1. The van der Waals surface area contributed by atoms with Gasteiger partial charge in [-0.25, -0.2) is 13.2 Å². The van der Waals surface area contributed by atoms with Crippen LogP contribution in [0.5, 0.6) is 11.5 Å². The molecule has 0 amide bonds. The van der Waals surface area contributed by atoms with Gasteiger partial charge >= 0.3 is 5.97 Å². The molecule has 7 nitrogen and oxygen atoms in total. The standard InChI is InChI=1S/C19H17NO6S/c1-12(16-11-27(22,23)18-7-5-4-6-14(16)18)20-26-19(21)15-9-8-13(24-2)10-17(15)25-3/h4-11H,1-3H3/b20-12+. The third-order valence-electron chi connectivity index (χ3n) is 4.04. The molecule has 0 unspecified atom stereocenters. The highest BCUT2D eigenvalue weighted by Gasteiger charge is 2.28. The van der Waals surface area contributed by atoms with Crippen molar-refractivity contribution in [3.63, 3.8) is 0 Å². The lowest BCUT2D eigenvalue weighted by Gasteiger charge is -2.08. The predicted octanol–water partition coefficient (Wildman–Crippen LogP) is 3.06. The van der Waals surface area contributed by atoms with Crippen molar-refractivity contribution in [2.75, 3.05) is 14.2 Å². The van der Waals surface area contributed by atoms with Gasteiger partial charge in [0.2, 0.25) is 9.84 Å². The summed E-state index contributed by atoms with van der Waals surface area (Å²) in [6.45, 7) is 1.57. The van der Waals surface area contributed by atoms with Gasteiger partial charge in [0.15, 0.2) is 0 Å². The zero-order chi connectivity index (χ0) is 19.6. The Bertz CT molecular complexity index is 1070. The molecule has 1 aliphatic heterocycles. The SMILES string of the molecule is COc1ccc(C(=O)O/N=C(\C)C2=CS(=O)(=O)c3ccccc32)c(OC)c1. The van der Waals surface area contributed by atoms with Crippen LogP contribution in [0.25, 0.3) is 5.57 Å². The average molecular weight is 387 g/mol. The molecule has 2 aromatic rings. The van der Waals surface area contributed by atoms with Crippen LogP contribution in [0.4, 0.5) is 0 Å². The number of oxime groups is 1. The summed E-state index contributed by atoms with van der Waals surface area (Å²) in [4.78, 5) is 17.5. The summed E-state index contributed by atoms with van der Waals surface area (Å²) in [5, 5.41) is 4.94. The molecule has 0 bridgehead atoms. The van der Waals surface area contributed by atoms with Crippen molar-refractivity contribution in [1.29, 1.82) is 0 Å². The second kappa shape index (κ2) is 7.24. The van der Waals surface area contributed by atoms with E-state index in [4.69, 9.17) is 14.3 Å². The minimum Gasteiger partial charge on any atom is -0.497 e. The number of allylic oxidation sites excluding steroid dienone is 1. The van der Waals surface area contributed by atoms with E-state index in [1.165, 1.54) is 26.4 Å². The Morgan fingerprint density at radius 2 is 1.78 bits per heavy atom. The number of nitrogens with zero attached hydrogens (tertiary/aromatic N) is 1. The lowest BCUT2D eigenvalue weighted by atomic mass is 10.0. The second-order valence-corrected chi connectivity index (χ2v) is 7.46. The van der Waals surface area contributed by atoms with Gasteiger partial charge in [-0.2, -0.15) is 0 Å². The molecule has 1 aliphatic rings. The Morgan fingerprint density at radius 1 is 1.04 bits per heavy atom. The van der Waals surface area contributed by atoms with Crippen molar-refractivity contribution in [3.05, 3.63) is 59.0 Å². The summed E-state index contributed by atoms with van der Waals surface area (Å²) >= 11 is 0. The normalized spacial score (nSPS) is 14.9. The maximum absolute atomic E-state index is 12.3. The van der Waals surface area contributed by atoms with E-state index in [2.05, 4.69) is 5.16 Å². The van der Waals surface area contributed by atoms with Crippen LogP contribution < -0.4 is 9.47 Å². The first-order chi connectivity index (χ1) is 12.9. The van der Waals surface area contributed by atoms with Gasteiger partial charge in [0.1, 0.15) is 17.1 Å². The van der Waals surface area contributed by atoms with Crippen LogP contribution in [0, 0.1) is 0 Å². The minimum atomic E-state index is -3.53. The number of methoxy groups -OCH3 is 2. The molecular weight excluding hydrogens is 370 g/mol. The van der Waals surface area contributed by atoms with Gasteiger partial charge in [-0.05, 0) is 25.1 Å². The molecule has 0 saturated carbocycles. The molecule has 0 atom stereocenters. The molecule has 0 radical (unpaired) electrons. The van der Waals surface area contributed by atoms with E-state index in [0.29, 0.717) is 16.9 Å². The van der Waals surface area contributed by atoms with Gasteiger partial charge in [-0.1, -0.05) is 23.4 Å². The van der Waals surface area contributed by atoms with Gasteiger partial charge in [-0.15, -0.1) is 0 Å². The lowest BCUT2D eigenvalue weighted by molar-refractivity contribution is 0.0513. The maximum Gasteiger partial charge on any atom is 0.369 e. The lowest BCUT2D eigenvalue weighted by Crippen LogP contribution is -2.06. The molecule has 27 heavy (non-hydrogen) atoms. The molecule has 0 fully saturated rings. The molecule has 0 saturated heterocycles.